The number of hydrogen-bond acceptors (Lipinski definition) is 2. The standard InChI is InChI=1S/C9H20N2/c1-2-4-7-11-9-5-8-10-6-3-1/h10-11H,1-9H2. The highest BCUT2D eigenvalue weighted by atomic mass is 14.9. The minimum atomic E-state index is 1.19. The molecule has 11 heavy (non-hydrogen) atoms. The van der Waals surface area contributed by atoms with E-state index in [1.807, 2.05) is 0 Å². The molecule has 1 fully saturated rings. The van der Waals surface area contributed by atoms with E-state index in [0.29, 0.717) is 0 Å². The largest absolute Gasteiger partial charge is 0.317 e. The summed E-state index contributed by atoms with van der Waals surface area (Å²) in [7, 11) is 0. The first-order chi connectivity index (χ1) is 5.50. The normalized spacial score (nSPS) is 24.0. The summed E-state index contributed by atoms with van der Waals surface area (Å²) in [6.07, 6.45) is 6.80. The summed E-state index contributed by atoms with van der Waals surface area (Å²) in [5.41, 5.74) is 0. The third-order valence-electron chi connectivity index (χ3n) is 2.16. The number of hydrogen-bond donors (Lipinski definition) is 2. The molecule has 2 nitrogen and oxygen atoms in total. The Bertz CT molecular complexity index is 45.6. The minimum Gasteiger partial charge on any atom is -0.317 e. The van der Waals surface area contributed by atoms with Gasteiger partial charge in [0, 0.05) is 0 Å². The van der Waals surface area contributed by atoms with Crippen molar-refractivity contribution in [1.29, 1.82) is 0 Å². The van der Waals surface area contributed by atoms with Crippen molar-refractivity contribution in [2.24, 2.45) is 0 Å². The zero-order valence-electron chi connectivity index (χ0n) is 7.36. The Morgan fingerprint density at radius 1 is 0.455 bits per heavy atom. The lowest BCUT2D eigenvalue weighted by atomic mass is 10.2. The summed E-state index contributed by atoms with van der Waals surface area (Å²) in [5.74, 6) is 0. The van der Waals surface area contributed by atoms with Crippen LogP contribution >= 0.6 is 0 Å². The van der Waals surface area contributed by atoms with Gasteiger partial charge in [-0.3, -0.25) is 0 Å². The van der Waals surface area contributed by atoms with Gasteiger partial charge in [0.1, 0.15) is 0 Å². The second kappa shape index (κ2) is 6.62. The second-order valence-electron chi connectivity index (χ2n) is 3.27. The lowest BCUT2D eigenvalue weighted by Crippen LogP contribution is -2.22. The molecule has 1 aliphatic heterocycles. The van der Waals surface area contributed by atoms with Gasteiger partial charge in [-0.25, -0.2) is 0 Å². The predicted octanol–water partition coefficient (Wildman–Crippen LogP) is 1.13. The van der Waals surface area contributed by atoms with Crippen molar-refractivity contribution in [1.82, 2.24) is 10.6 Å². The van der Waals surface area contributed by atoms with Gasteiger partial charge in [-0.2, -0.15) is 0 Å². The van der Waals surface area contributed by atoms with E-state index in [9.17, 15) is 0 Å². The van der Waals surface area contributed by atoms with Crippen LogP contribution in [-0.4, -0.2) is 26.2 Å². The monoisotopic (exact) mass is 156 g/mol. The third-order valence-corrected chi connectivity index (χ3v) is 2.16. The maximum Gasteiger partial charge on any atom is -0.00368 e. The Balaban J connectivity index is 2.02. The van der Waals surface area contributed by atoms with Crippen molar-refractivity contribution in [2.45, 2.75) is 32.1 Å². The third kappa shape index (κ3) is 5.22. The first kappa shape index (κ1) is 9.01. The molecule has 1 heterocycles. The Morgan fingerprint density at radius 3 is 1.45 bits per heavy atom. The molecule has 1 rings (SSSR count). The van der Waals surface area contributed by atoms with Crippen molar-refractivity contribution >= 4 is 0 Å². The van der Waals surface area contributed by atoms with Gasteiger partial charge < -0.3 is 10.6 Å². The summed E-state index contributed by atoms with van der Waals surface area (Å²) in [6, 6.07) is 0. The van der Waals surface area contributed by atoms with Gasteiger partial charge in [-0.05, 0) is 45.4 Å². The molecule has 0 aromatic heterocycles. The molecule has 66 valence electrons. The van der Waals surface area contributed by atoms with Crippen molar-refractivity contribution < 1.29 is 0 Å². The van der Waals surface area contributed by atoms with Crippen LogP contribution in [0.25, 0.3) is 0 Å². The van der Waals surface area contributed by atoms with Gasteiger partial charge in [-0.15, -0.1) is 0 Å². The van der Waals surface area contributed by atoms with Crippen molar-refractivity contribution in [2.75, 3.05) is 26.2 Å². The Labute approximate surface area is 69.8 Å². The Hall–Kier alpha value is -0.0800. The molecule has 0 radical (unpaired) electrons. The zero-order chi connectivity index (χ0) is 7.78. The smallest absolute Gasteiger partial charge is 0.00368 e. The minimum absolute atomic E-state index is 1.19. The van der Waals surface area contributed by atoms with E-state index in [1.165, 1.54) is 58.3 Å². The molecule has 0 amide bonds. The number of rotatable bonds is 0. The Morgan fingerprint density at radius 2 is 0.909 bits per heavy atom. The van der Waals surface area contributed by atoms with Gasteiger partial charge in [0.05, 0.1) is 0 Å². The van der Waals surface area contributed by atoms with E-state index >= 15 is 0 Å². The van der Waals surface area contributed by atoms with E-state index in [2.05, 4.69) is 10.6 Å². The first-order valence-electron chi connectivity index (χ1n) is 4.91. The van der Waals surface area contributed by atoms with Gasteiger partial charge in [0.25, 0.3) is 0 Å². The van der Waals surface area contributed by atoms with E-state index < -0.39 is 0 Å². The van der Waals surface area contributed by atoms with Crippen LogP contribution in [0.2, 0.25) is 0 Å². The van der Waals surface area contributed by atoms with Crippen molar-refractivity contribution in [3.63, 3.8) is 0 Å². The topological polar surface area (TPSA) is 24.1 Å². The molecule has 1 aliphatic rings. The van der Waals surface area contributed by atoms with E-state index in [4.69, 9.17) is 0 Å². The van der Waals surface area contributed by atoms with Gasteiger partial charge in [0.2, 0.25) is 0 Å². The van der Waals surface area contributed by atoms with E-state index in [1.54, 1.807) is 0 Å². The van der Waals surface area contributed by atoms with Crippen LogP contribution in [0.1, 0.15) is 32.1 Å². The Kier molecular flexibility index (Phi) is 5.42. The highest BCUT2D eigenvalue weighted by molar-refractivity contribution is 4.55. The molecular formula is C9H20N2. The maximum atomic E-state index is 3.44. The lowest BCUT2D eigenvalue weighted by molar-refractivity contribution is 0.600. The highest BCUT2D eigenvalue weighted by Gasteiger charge is 1.94. The lowest BCUT2D eigenvalue weighted by Gasteiger charge is -2.02. The van der Waals surface area contributed by atoms with E-state index in [0.717, 1.165) is 0 Å². The van der Waals surface area contributed by atoms with Crippen LogP contribution < -0.4 is 10.6 Å². The molecule has 0 aromatic carbocycles. The van der Waals surface area contributed by atoms with Gasteiger partial charge in [0.15, 0.2) is 0 Å². The zero-order valence-corrected chi connectivity index (χ0v) is 7.36. The van der Waals surface area contributed by atoms with E-state index in [-0.39, 0.29) is 0 Å². The molecule has 0 aliphatic carbocycles. The van der Waals surface area contributed by atoms with Crippen LogP contribution in [0.15, 0.2) is 0 Å². The summed E-state index contributed by atoms with van der Waals surface area (Å²) < 4.78 is 0. The van der Waals surface area contributed by atoms with Crippen LogP contribution in [0.4, 0.5) is 0 Å². The number of nitrogens with one attached hydrogen (secondary N) is 2. The average Bonchev–Trinajstić information content (AvgIpc) is 2.08. The van der Waals surface area contributed by atoms with Gasteiger partial charge in [-0.1, -0.05) is 12.8 Å². The fraction of sp³-hybridized carbons (Fsp3) is 1.00. The van der Waals surface area contributed by atoms with Gasteiger partial charge >= 0.3 is 0 Å². The van der Waals surface area contributed by atoms with Crippen LogP contribution in [0.5, 0.6) is 0 Å². The molecule has 2 heteroatoms. The quantitative estimate of drug-likeness (QED) is 0.549. The SMILES string of the molecule is C1CCCNCCCNCC1. The van der Waals surface area contributed by atoms with Crippen molar-refractivity contribution in [3.05, 3.63) is 0 Å². The predicted molar refractivity (Wildman–Crippen MR) is 48.8 cm³/mol. The molecule has 0 aromatic rings. The molecule has 2 N–H and O–H groups in total. The first-order valence-corrected chi connectivity index (χ1v) is 4.91. The average molecular weight is 156 g/mol. The van der Waals surface area contributed by atoms with Crippen LogP contribution in [-0.2, 0) is 0 Å². The molecule has 0 atom stereocenters. The second-order valence-corrected chi connectivity index (χ2v) is 3.27. The summed E-state index contributed by atoms with van der Waals surface area (Å²) in [5, 5.41) is 6.89. The molecule has 0 spiro atoms. The summed E-state index contributed by atoms with van der Waals surface area (Å²) in [6.45, 7) is 4.82. The maximum absolute atomic E-state index is 3.44. The summed E-state index contributed by atoms with van der Waals surface area (Å²) >= 11 is 0. The summed E-state index contributed by atoms with van der Waals surface area (Å²) in [4.78, 5) is 0. The van der Waals surface area contributed by atoms with Crippen molar-refractivity contribution in [3.8, 4) is 0 Å². The van der Waals surface area contributed by atoms with Crippen LogP contribution in [0.3, 0.4) is 0 Å². The molecule has 1 saturated heterocycles. The fourth-order valence-electron chi connectivity index (χ4n) is 1.44. The fourth-order valence-corrected chi connectivity index (χ4v) is 1.44. The molecule has 0 saturated carbocycles. The molecular weight excluding hydrogens is 136 g/mol. The molecule has 0 bridgehead atoms. The highest BCUT2D eigenvalue weighted by Crippen LogP contribution is 1.98. The van der Waals surface area contributed by atoms with Crippen LogP contribution in [0, 0.1) is 0 Å². The molecule has 0 unspecified atom stereocenters.